The lowest BCUT2D eigenvalue weighted by Gasteiger charge is -2.34. The number of rotatable bonds is 6. The molecule has 1 aliphatic rings. The van der Waals surface area contributed by atoms with Crippen LogP contribution in [0.1, 0.15) is 58.1 Å². The predicted molar refractivity (Wildman–Crippen MR) is 93.0 cm³/mol. The van der Waals surface area contributed by atoms with E-state index in [0.29, 0.717) is 0 Å². The summed E-state index contributed by atoms with van der Waals surface area (Å²) >= 11 is 0. The van der Waals surface area contributed by atoms with Crippen molar-refractivity contribution in [2.45, 2.75) is 66.0 Å². The Morgan fingerprint density at radius 3 is 2.43 bits per heavy atom. The molecule has 21 heavy (non-hydrogen) atoms. The highest BCUT2D eigenvalue weighted by Crippen LogP contribution is 2.30. The molecule has 2 rings (SSSR count). The van der Waals surface area contributed by atoms with Gasteiger partial charge in [0.1, 0.15) is 0 Å². The van der Waals surface area contributed by atoms with Gasteiger partial charge in [0.2, 0.25) is 0 Å². The molecule has 1 aliphatic carbocycles. The summed E-state index contributed by atoms with van der Waals surface area (Å²) < 4.78 is 0. The average molecular weight is 288 g/mol. The Hall–Kier alpha value is -1.02. The number of aryl methyl sites for hydroxylation is 1. The number of hydrogen-bond acceptors (Lipinski definition) is 2. The minimum atomic E-state index is 0.173. The van der Waals surface area contributed by atoms with E-state index in [1.54, 1.807) is 0 Å². The van der Waals surface area contributed by atoms with E-state index in [-0.39, 0.29) is 5.54 Å². The van der Waals surface area contributed by atoms with Crippen LogP contribution in [0, 0.1) is 12.8 Å². The van der Waals surface area contributed by atoms with Crippen LogP contribution in [0.4, 0.5) is 5.69 Å². The molecular weight excluding hydrogens is 256 g/mol. The zero-order valence-corrected chi connectivity index (χ0v) is 14.5. The molecule has 0 radical (unpaired) electrons. The quantitative estimate of drug-likeness (QED) is 0.828. The number of benzene rings is 1. The Morgan fingerprint density at radius 2 is 1.95 bits per heavy atom. The molecule has 0 aromatic heterocycles. The van der Waals surface area contributed by atoms with Crippen molar-refractivity contribution in [1.29, 1.82) is 0 Å². The van der Waals surface area contributed by atoms with Gasteiger partial charge in [-0.2, -0.15) is 0 Å². The van der Waals surface area contributed by atoms with E-state index in [2.05, 4.69) is 63.0 Å². The van der Waals surface area contributed by atoms with Crippen molar-refractivity contribution in [3.05, 3.63) is 29.3 Å². The first-order valence-corrected chi connectivity index (χ1v) is 8.48. The van der Waals surface area contributed by atoms with Crippen molar-refractivity contribution < 1.29 is 0 Å². The van der Waals surface area contributed by atoms with Crippen LogP contribution in [-0.2, 0) is 6.54 Å². The molecule has 0 aliphatic heterocycles. The molecular formula is C19H32N2. The second kappa shape index (κ2) is 6.83. The van der Waals surface area contributed by atoms with E-state index in [4.69, 9.17) is 0 Å². The fourth-order valence-electron chi connectivity index (χ4n) is 2.93. The van der Waals surface area contributed by atoms with Crippen molar-refractivity contribution in [3.8, 4) is 0 Å². The van der Waals surface area contributed by atoms with Crippen molar-refractivity contribution >= 4 is 5.69 Å². The molecule has 2 nitrogen and oxygen atoms in total. The third-order valence-electron chi connectivity index (χ3n) is 4.51. The van der Waals surface area contributed by atoms with Crippen molar-refractivity contribution in [1.82, 2.24) is 5.32 Å². The molecule has 0 saturated heterocycles. The van der Waals surface area contributed by atoms with Crippen LogP contribution in [0.3, 0.4) is 0 Å². The van der Waals surface area contributed by atoms with E-state index in [1.807, 2.05) is 0 Å². The summed E-state index contributed by atoms with van der Waals surface area (Å²) in [5.74, 6) is 0.923. The van der Waals surface area contributed by atoms with Gasteiger partial charge in [-0.1, -0.05) is 18.6 Å². The van der Waals surface area contributed by atoms with Gasteiger partial charge in [-0.3, -0.25) is 0 Å². The van der Waals surface area contributed by atoms with Crippen LogP contribution in [0.2, 0.25) is 0 Å². The van der Waals surface area contributed by atoms with Gasteiger partial charge in [0.05, 0.1) is 0 Å². The molecule has 0 heterocycles. The molecule has 1 saturated carbocycles. The monoisotopic (exact) mass is 288 g/mol. The zero-order valence-electron chi connectivity index (χ0n) is 14.5. The van der Waals surface area contributed by atoms with Crippen molar-refractivity contribution in [2.75, 3.05) is 18.0 Å². The Morgan fingerprint density at radius 1 is 1.24 bits per heavy atom. The summed E-state index contributed by atoms with van der Waals surface area (Å²) in [5.41, 5.74) is 4.38. The van der Waals surface area contributed by atoms with Crippen LogP contribution in [0.15, 0.2) is 18.2 Å². The van der Waals surface area contributed by atoms with Gasteiger partial charge in [-0.05, 0) is 70.6 Å². The van der Waals surface area contributed by atoms with Gasteiger partial charge in [0, 0.05) is 30.9 Å². The van der Waals surface area contributed by atoms with Gasteiger partial charge in [0.25, 0.3) is 0 Å². The summed E-state index contributed by atoms with van der Waals surface area (Å²) in [6, 6.07) is 6.94. The molecule has 0 spiro atoms. The zero-order chi connectivity index (χ0) is 15.5. The lowest BCUT2D eigenvalue weighted by molar-refractivity contribution is 0.318. The highest BCUT2D eigenvalue weighted by atomic mass is 15.1. The molecule has 1 aromatic rings. The number of nitrogens with zero attached hydrogens (tertiary/aromatic N) is 1. The maximum absolute atomic E-state index is 3.56. The third kappa shape index (κ3) is 4.74. The molecule has 1 aromatic carbocycles. The summed E-state index contributed by atoms with van der Waals surface area (Å²) in [6.45, 7) is 14.4. The van der Waals surface area contributed by atoms with Crippen molar-refractivity contribution in [2.24, 2.45) is 5.92 Å². The number of hydrogen-bond donors (Lipinski definition) is 1. The first-order chi connectivity index (χ1) is 9.89. The highest BCUT2D eigenvalue weighted by molar-refractivity contribution is 5.54. The first-order valence-electron chi connectivity index (χ1n) is 8.48. The standard InChI is InChI=1S/C19H32N2/c1-6-21(14-16-8-7-9-16)18-11-10-17(12-15(18)2)13-20-19(3,4)5/h10-12,16,20H,6-9,13-14H2,1-5H3. The molecule has 2 heteroatoms. The predicted octanol–water partition coefficient (Wildman–Crippen LogP) is 4.51. The van der Waals surface area contributed by atoms with E-state index in [0.717, 1.165) is 19.0 Å². The lowest BCUT2D eigenvalue weighted by atomic mass is 9.85. The van der Waals surface area contributed by atoms with Crippen molar-refractivity contribution in [3.63, 3.8) is 0 Å². The second-order valence-corrected chi connectivity index (χ2v) is 7.56. The summed E-state index contributed by atoms with van der Waals surface area (Å²) in [7, 11) is 0. The minimum absolute atomic E-state index is 0.173. The molecule has 0 amide bonds. The Kier molecular flexibility index (Phi) is 5.32. The highest BCUT2D eigenvalue weighted by Gasteiger charge is 2.21. The van der Waals surface area contributed by atoms with E-state index < -0.39 is 0 Å². The molecule has 0 bridgehead atoms. The maximum Gasteiger partial charge on any atom is 0.0396 e. The Bertz CT molecular complexity index is 455. The van der Waals surface area contributed by atoms with Crippen LogP contribution >= 0.6 is 0 Å². The largest absolute Gasteiger partial charge is 0.371 e. The Balaban J connectivity index is 2.02. The molecule has 1 fully saturated rings. The minimum Gasteiger partial charge on any atom is -0.371 e. The first kappa shape index (κ1) is 16.4. The molecule has 0 atom stereocenters. The van der Waals surface area contributed by atoms with E-state index >= 15 is 0 Å². The average Bonchev–Trinajstić information content (AvgIpc) is 2.36. The van der Waals surface area contributed by atoms with Crippen LogP contribution in [0.5, 0.6) is 0 Å². The topological polar surface area (TPSA) is 15.3 Å². The summed E-state index contributed by atoms with van der Waals surface area (Å²) in [5, 5.41) is 3.56. The normalized spacial score (nSPS) is 15.9. The summed E-state index contributed by atoms with van der Waals surface area (Å²) in [4.78, 5) is 2.56. The SMILES string of the molecule is CCN(CC1CCC1)c1ccc(CNC(C)(C)C)cc1C. The van der Waals surface area contributed by atoms with Crippen LogP contribution in [-0.4, -0.2) is 18.6 Å². The van der Waals surface area contributed by atoms with E-state index in [1.165, 1.54) is 42.6 Å². The van der Waals surface area contributed by atoms with Crippen LogP contribution in [0.25, 0.3) is 0 Å². The van der Waals surface area contributed by atoms with Gasteiger partial charge < -0.3 is 10.2 Å². The van der Waals surface area contributed by atoms with Gasteiger partial charge in [-0.25, -0.2) is 0 Å². The van der Waals surface area contributed by atoms with Crippen LogP contribution < -0.4 is 10.2 Å². The molecule has 118 valence electrons. The number of anilines is 1. The molecule has 1 N–H and O–H groups in total. The second-order valence-electron chi connectivity index (χ2n) is 7.56. The molecule has 0 unspecified atom stereocenters. The smallest absolute Gasteiger partial charge is 0.0396 e. The van der Waals surface area contributed by atoms with E-state index in [9.17, 15) is 0 Å². The summed E-state index contributed by atoms with van der Waals surface area (Å²) in [6.07, 6.45) is 4.27. The maximum atomic E-state index is 3.56. The van der Waals surface area contributed by atoms with Gasteiger partial charge in [0.15, 0.2) is 0 Å². The fourth-order valence-corrected chi connectivity index (χ4v) is 2.93. The third-order valence-corrected chi connectivity index (χ3v) is 4.51. The lowest BCUT2D eigenvalue weighted by Crippen LogP contribution is -2.35. The number of nitrogens with one attached hydrogen (secondary N) is 1. The van der Waals surface area contributed by atoms with Gasteiger partial charge >= 0.3 is 0 Å². The Labute approximate surface area is 130 Å². The van der Waals surface area contributed by atoms with Gasteiger partial charge in [-0.15, -0.1) is 0 Å². The fraction of sp³-hybridized carbons (Fsp3) is 0.684.